The maximum absolute atomic E-state index is 14.1. The first kappa shape index (κ1) is 27.7. The average Bonchev–Trinajstić information content (AvgIpc) is 3.19. The largest absolute Gasteiger partial charge is 0.493 e. The van der Waals surface area contributed by atoms with Crippen LogP contribution in [0.25, 0.3) is 0 Å². The summed E-state index contributed by atoms with van der Waals surface area (Å²) in [6.45, 7) is 0. The number of fused-ring (bicyclic) bond motifs is 1. The lowest BCUT2D eigenvalue weighted by Gasteiger charge is -2.33. The topological polar surface area (TPSA) is 77.4 Å². The Kier molecular flexibility index (Phi) is 7.36. The zero-order valence-electron chi connectivity index (χ0n) is 19.5. The van der Waals surface area contributed by atoms with Crippen LogP contribution in [0.3, 0.4) is 0 Å². The fourth-order valence-electron chi connectivity index (χ4n) is 4.00. The molecule has 7 nitrogen and oxygen atoms in total. The SMILES string of the molecule is COc1ccc([C@H]2C[C@H](C(F)(F)F)n3nc(C(=O)Nc4cc(C(F)(F)F)ccc4Cl)c(Cl)c3N2)cc1OC. The lowest BCUT2D eigenvalue weighted by atomic mass is 9.96. The van der Waals surface area contributed by atoms with Gasteiger partial charge < -0.3 is 20.1 Å². The molecular formula is C23H18Cl2F6N4O3. The molecule has 3 aromatic rings. The monoisotopic (exact) mass is 582 g/mol. The zero-order valence-corrected chi connectivity index (χ0v) is 21.0. The Balaban J connectivity index is 1.71. The summed E-state index contributed by atoms with van der Waals surface area (Å²) in [5, 5.41) is 8.09. The number of alkyl halides is 6. The van der Waals surface area contributed by atoms with Crippen LogP contribution in [0.15, 0.2) is 36.4 Å². The number of anilines is 2. The fourth-order valence-corrected chi connectivity index (χ4v) is 4.43. The first-order valence-corrected chi connectivity index (χ1v) is 11.5. The van der Waals surface area contributed by atoms with Crippen LogP contribution < -0.4 is 20.1 Å². The Morgan fingerprint density at radius 2 is 1.74 bits per heavy atom. The molecule has 0 radical (unpaired) electrons. The summed E-state index contributed by atoms with van der Waals surface area (Å²) in [7, 11) is 2.79. The smallest absolute Gasteiger partial charge is 0.416 e. The van der Waals surface area contributed by atoms with E-state index in [9.17, 15) is 31.1 Å². The summed E-state index contributed by atoms with van der Waals surface area (Å²) in [6, 6.07) is 3.73. The standard InChI is InChI=1S/C23H18Cl2F6N4O3/c1-37-15-6-3-10(7-16(15)38-2)13-9-17(23(29,30)31)35-20(32-13)18(25)19(34-35)21(36)33-14-8-11(22(26,27)28)4-5-12(14)24/h3-8,13,17,32H,9H2,1-2H3,(H,33,36)/t13-,17-/m1/s1. The van der Waals surface area contributed by atoms with Crippen molar-refractivity contribution in [2.24, 2.45) is 0 Å². The normalized spacial score (nSPS) is 17.4. The van der Waals surface area contributed by atoms with E-state index in [1.807, 2.05) is 0 Å². The summed E-state index contributed by atoms with van der Waals surface area (Å²) >= 11 is 12.2. The molecule has 0 aliphatic carbocycles. The van der Waals surface area contributed by atoms with Gasteiger partial charge in [-0.2, -0.15) is 31.4 Å². The molecule has 1 aliphatic heterocycles. The van der Waals surface area contributed by atoms with Gasteiger partial charge in [0.1, 0.15) is 10.8 Å². The summed E-state index contributed by atoms with van der Waals surface area (Å²) in [5.74, 6) is -0.780. The van der Waals surface area contributed by atoms with Crippen LogP contribution in [-0.4, -0.2) is 36.1 Å². The van der Waals surface area contributed by atoms with Gasteiger partial charge in [-0.15, -0.1) is 0 Å². The van der Waals surface area contributed by atoms with E-state index in [4.69, 9.17) is 32.7 Å². The lowest BCUT2D eigenvalue weighted by molar-refractivity contribution is -0.173. The van der Waals surface area contributed by atoms with E-state index < -0.39 is 58.7 Å². The van der Waals surface area contributed by atoms with E-state index in [0.29, 0.717) is 33.9 Å². The van der Waals surface area contributed by atoms with Crippen LogP contribution in [0.4, 0.5) is 37.8 Å². The second-order valence-corrected chi connectivity index (χ2v) is 8.99. The van der Waals surface area contributed by atoms with E-state index in [1.54, 1.807) is 6.07 Å². The molecule has 0 unspecified atom stereocenters. The number of nitrogens with zero attached hydrogens (tertiary/aromatic N) is 2. The van der Waals surface area contributed by atoms with Crippen molar-refractivity contribution in [3.63, 3.8) is 0 Å². The van der Waals surface area contributed by atoms with Crippen molar-refractivity contribution < 1.29 is 40.6 Å². The molecule has 2 heterocycles. The van der Waals surface area contributed by atoms with Crippen LogP contribution in [0.5, 0.6) is 11.5 Å². The third kappa shape index (κ3) is 5.30. The predicted molar refractivity (Wildman–Crippen MR) is 127 cm³/mol. The van der Waals surface area contributed by atoms with E-state index in [0.717, 1.165) is 6.07 Å². The molecule has 0 bridgehead atoms. The van der Waals surface area contributed by atoms with Gasteiger partial charge >= 0.3 is 12.4 Å². The molecular weight excluding hydrogens is 565 g/mol. The Morgan fingerprint density at radius 1 is 1.05 bits per heavy atom. The number of rotatable bonds is 5. The predicted octanol–water partition coefficient (Wildman–Crippen LogP) is 7.14. The van der Waals surface area contributed by atoms with Gasteiger partial charge in [0, 0.05) is 6.42 Å². The van der Waals surface area contributed by atoms with Gasteiger partial charge in [0.15, 0.2) is 23.2 Å². The number of aromatic nitrogens is 2. The highest BCUT2D eigenvalue weighted by Crippen LogP contribution is 2.47. The minimum atomic E-state index is -4.78. The van der Waals surface area contributed by atoms with Crippen LogP contribution in [-0.2, 0) is 6.18 Å². The molecule has 0 spiro atoms. The minimum Gasteiger partial charge on any atom is -0.493 e. The van der Waals surface area contributed by atoms with Crippen LogP contribution >= 0.6 is 23.2 Å². The molecule has 1 amide bonds. The molecule has 2 aromatic carbocycles. The number of methoxy groups -OCH3 is 2. The highest BCUT2D eigenvalue weighted by atomic mass is 35.5. The van der Waals surface area contributed by atoms with Crippen molar-refractivity contribution in [3.05, 3.63) is 63.3 Å². The van der Waals surface area contributed by atoms with Crippen molar-refractivity contribution in [2.75, 3.05) is 24.9 Å². The molecule has 15 heteroatoms. The Bertz CT molecular complexity index is 1380. The summed E-state index contributed by atoms with van der Waals surface area (Å²) in [5.41, 5.74) is -1.73. The van der Waals surface area contributed by atoms with Crippen molar-refractivity contribution in [2.45, 2.75) is 30.9 Å². The van der Waals surface area contributed by atoms with E-state index in [-0.39, 0.29) is 10.8 Å². The highest BCUT2D eigenvalue weighted by molar-refractivity contribution is 6.37. The summed E-state index contributed by atoms with van der Waals surface area (Å²) < 4.78 is 92.4. The van der Waals surface area contributed by atoms with Gasteiger partial charge in [-0.3, -0.25) is 4.79 Å². The van der Waals surface area contributed by atoms with Crippen LogP contribution in [0, 0.1) is 0 Å². The van der Waals surface area contributed by atoms with Gasteiger partial charge in [0.2, 0.25) is 0 Å². The second-order valence-electron chi connectivity index (χ2n) is 8.21. The lowest BCUT2D eigenvalue weighted by Crippen LogP contribution is -2.35. The number of amides is 1. The van der Waals surface area contributed by atoms with Gasteiger partial charge in [0.05, 0.1) is 36.5 Å². The quantitative estimate of drug-likeness (QED) is 0.313. The van der Waals surface area contributed by atoms with Gasteiger partial charge in [-0.05, 0) is 35.9 Å². The number of ether oxygens (including phenoxy) is 2. The second kappa shape index (κ2) is 10.1. The number of hydrogen-bond acceptors (Lipinski definition) is 5. The number of hydrogen-bond donors (Lipinski definition) is 2. The van der Waals surface area contributed by atoms with E-state index in [1.165, 1.54) is 26.4 Å². The number of nitrogens with one attached hydrogen (secondary N) is 2. The number of halogens is 8. The molecule has 204 valence electrons. The molecule has 0 fully saturated rings. The van der Waals surface area contributed by atoms with Crippen molar-refractivity contribution >= 4 is 40.6 Å². The van der Waals surface area contributed by atoms with Crippen molar-refractivity contribution in [3.8, 4) is 11.5 Å². The first-order valence-electron chi connectivity index (χ1n) is 10.8. The molecule has 2 atom stereocenters. The maximum atomic E-state index is 14.1. The average molecular weight is 583 g/mol. The van der Waals surface area contributed by atoms with Gasteiger partial charge in [0.25, 0.3) is 5.91 Å². The summed E-state index contributed by atoms with van der Waals surface area (Å²) in [6.07, 6.45) is -10.0. The van der Waals surface area contributed by atoms with Gasteiger partial charge in [-0.25, -0.2) is 4.68 Å². The first-order chi connectivity index (χ1) is 17.7. The Morgan fingerprint density at radius 3 is 2.34 bits per heavy atom. The van der Waals surface area contributed by atoms with Crippen molar-refractivity contribution in [1.82, 2.24) is 9.78 Å². The molecule has 2 N–H and O–H groups in total. The zero-order chi connectivity index (χ0) is 28.0. The molecule has 38 heavy (non-hydrogen) atoms. The highest BCUT2D eigenvalue weighted by Gasteiger charge is 2.48. The number of benzene rings is 2. The van der Waals surface area contributed by atoms with E-state index >= 15 is 0 Å². The third-order valence-corrected chi connectivity index (χ3v) is 6.55. The summed E-state index contributed by atoms with van der Waals surface area (Å²) in [4.78, 5) is 12.9. The molecule has 1 aromatic heterocycles. The molecule has 4 rings (SSSR count). The molecule has 0 saturated carbocycles. The van der Waals surface area contributed by atoms with Crippen LogP contribution in [0.2, 0.25) is 10.0 Å². The van der Waals surface area contributed by atoms with Gasteiger partial charge in [-0.1, -0.05) is 29.3 Å². The minimum absolute atomic E-state index is 0.230. The molecule has 0 saturated heterocycles. The van der Waals surface area contributed by atoms with Crippen LogP contribution in [0.1, 0.15) is 40.1 Å². The number of carbonyl (C=O) groups excluding carboxylic acids is 1. The molecule has 1 aliphatic rings. The fraction of sp³-hybridized carbons (Fsp3) is 0.304. The maximum Gasteiger partial charge on any atom is 0.416 e. The van der Waals surface area contributed by atoms with Crippen molar-refractivity contribution in [1.29, 1.82) is 0 Å². The third-order valence-electron chi connectivity index (χ3n) is 5.86. The Labute approximate surface area is 221 Å². The Hall–Kier alpha value is -3.32. The number of carbonyl (C=O) groups is 1. The van der Waals surface area contributed by atoms with E-state index in [2.05, 4.69) is 15.7 Å².